The lowest BCUT2D eigenvalue weighted by molar-refractivity contribution is 0.0645. The molecule has 106 valence electrons. The Labute approximate surface area is 114 Å². The highest BCUT2D eigenvalue weighted by atomic mass is 16.3. The van der Waals surface area contributed by atoms with Crippen molar-refractivity contribution in [2.45, 2.75) is 39.0 Å². The minimum atomic E-state index is -0.0323. The average Bonchev–Trinajstić information content (AvgIpc) is 2.87. The van der Waals surface area contributed by atoms with Crippen LogP contribution in [0.1, 0.15) is 49.8 Å². The predicted molar refractivity (Wildman–Crippen MR) is 73.0 cm³/mol. The number of aromatic nitrogens is 2. The third-order valence-corrected chi connectivity index (χ3v) is 3.76. The van der Waals surface area contributed by atoms with E-state index in [9.17, 15) is 4.79 Å². The normalized spacial score (nSPS) is 17.8. The molecule has 1 aliphatic rings. The first-order chi connectivity index (χ1) is 8.91. The first kappa shape index (κ1) is 14.1. The second kappa shape index (κ2) is 5.33. The smallest absolute Gasteiger partial charge is 0.274 e. The molecule has 1 saturated heterocycles. The Morgan fingerprint density at radius 1 is 1.47 bits per heavy atom. The first-order valence-corrected chi connectivity index (χ1v) is 6.88. The Bertz CT molecular complexity index is 440. The molecular weight excluding hydrogens is 242 g/mol. The molecule has 0 bridgehead atoms. The summed E-state index contributed by atoms with van der Waals surface area (Å²) >= 11 is 0. The van der Waals surface area contributed by atoms with Gasteiger partial charge in [-0.15, -0.1) is 0 Å². The van der Waals surface area contributed by atoms with Crippen molar-refractivity contribution in [2.75, 3.05) is 19.7 Å². The number of rotatable bonds is 2. The molecule has 2 rings (SSSR count). The molecule has 0 aliphatic carbocycles. The van der Waals surface area contributed by atoms with Crippen molar-refractivity contribution in [1.82, 2.24) is 15.1 Å². The standard InChI is InChI=1S/C14H23N3O2/c1-14(2,3)12-8-11(15-16-12)13(19)17-6-4-10(9-18)5-7-17/h8,10,18H,4-7,9H2,1-3H3,(H,15,16). The van der Waals surface area contributed by atoms with Gasteiger partial charge in [-0.2, -0.15) is 5.10 Å². The summed E-state index contributed by atoms with van der Waals surface area (Å²) in [6.45, 7) is 7.90. The van der Waals surface area contributed by atoms with Gasteiger partial charge in [-0.3, -0.25) is 9.89 Å². The summed E-state index contributed by atoms with van der Waals surface area (Å²) in [5, 5.41) is 16.2. The molecule has 1 aromatic rings. The molecule has 1 aliphatic heterocycles. The number of H-pyrrole nitrogens is 1. The number of aliphatic hydroxyl groups excluding tert-OH is 1. The van der Waals surface area contributed by atoms with Crippen molar-refractivity contribution >= 4 is 5.91 Å². The van der Waals surface area contributed by atoms with Crippen LogP contribution in [-0.4, -0.2) is 45.8 Å². The SMILES string of the molecule is CC(C)(C)c1cc(C(=O)N2CCC(CO)CC2)n[nH]1. The highest BCUT2D eigenvalue weighted by Gasteiger charge is 2.26. The highest BCUT2D eigenvalue weighted by molar-refractivity contribution is 5.92. The van der Waals surface area contributed by atoms with Gasteiger partial charge in [0.25, 0.3) is 5.91 Å². The molecule has 1 fully saturated rings. The zero-order chi connectivity index (χ0) is 14.0. The summed E-state index contributed by atoms with van der Waals surface area (Å²) in [6, 6.07) is 1.85. The fraction of sp³-hybridized carbons (Fsp3) is 0.714. The van der Waals surface area contributed by atoms with Gasteiger partial charge < -0.3 is 10.0 Å². The molecule has 0 atom stereocenters. The zero-order valence-electron chi connectivity index (χ0n) is 11.9. The third-order valence-electron chi connectivity index (χ3n) is 3.76. The summed E-state index contributed by atoms with van der Waals surface area (Å²) in [5.74, 6) is 0.330. The predicted octanol–water partition coefficient (Wildman–Crippen LogP) is 1.55. The molecule has 0 radical (unpaired) electrons. The lowest BCUT2D eigenvalue weighted by atomic mass is 9.92. The van der Waals surface area contributed by atoms with Crippen LogP contribution in [0.5, 0.6) is 0 Å². The first-order valence-electron chi connectivity index (χ1n) is 6.88. The van der Waals surface area contributed by atoms with Crippen LogP contribution in [0.25, 0.3) is 0 Å². The van der Waals surface area contributed by atoms with E-state index in [2.05, 4.69) is 31.0 Å². The Morgan fingerprint density at radius 2 is 2.11 bits per heavy atom. The monoisotopic (exact) mass is 265 g/mol. The summed E-state index contributed by atoms with van der Waals surface area (Å²) in [5.41, 5.74) is 1.43. The maximum absolute atomic E-state index is 12.3. The lowest BCUT2D eigenvalue weighted by Crippen LogP contribution is -2.39. The van der Waals surface area contributed by atoms with Gasteiger partial charge in [-0.25, -0.2) is 0 Å². The fourth-order valence-corrected chi connectivity index (χ4v) is 2.30. The third kappa shape index (κ3) is 3.15. The van der Waals surface area contributed by atoms with Crippen LogP contribution in [0.3, 0.4) is 0 Å². The average molecular weight is 265 g/mol. The Hall–Kier alpha value is -1.36. The number of hydrogen-bond acceptors (Lipinski definition) is 3. The van der Waals surface area contributed by atoms with Gasteiger partial charge in [-0.1, -0.05) is 20.8 Å². The molecule has 2 N–H and O–H groups in total. The molecule has 19 heavy (non-hydrogen) atoms. The Kier molecular flexibility index (Phi) is 3.94. The number of amides is 1. The second-order valence-electron chi connectivity index (χ2n) is 6.34. The number of carbonyl (C=O) groups is 1. The highest BCUT2D eigenvalue weighted by Crippen LogP contribution is 2.22. The van der Waals surface area contributed by atoms with Crippen LogP contribution in [-0.2, 0) is 5.41 Å². The van der Waals surface area contributed by atoms with Crippen molar-refractivity contribution in [3.63, 3.8) is 0 Å². The van der Waals surface area contributed by atoms with E-state index < -0.39 is 0 Å². The van der Waals surface area contributed by atoms with E-state index in [0.29, 0.717) is 24.7 Å². The van der Waals surface area contributed by atoms with Gasteiger partial charge >= 0.3 is 0 Å². The number of nitrogens with one attached hydrogen (secondary N) is 1. The quantitative estimate of drug-likeness (QED) is 0.852. The largest absolute Gasteiger partial charge is 0.396 e. The molecule has 0 spiro atoms. The number of nitrogens with zero attached hydrogens (tertiary/aromatic N) is 2. The van der Waals surface area contributed by atoms with Crippen molar-refractivity contribution < 1.29 is 9.90 Å². The Balaban J connectivity index is 2.02. The molecular formula is C14H23N3O2. The molecule has 5 heteroatoms. The number of piperidine rings is 1. The molecule has 5 nitrogen and oxygen atoms in total. The van der Waals surface area contributed by atoms with Crippen molar-refractivity contribution in [3.05, 3.63) is 17.5 Å². The van der Waals surface area contributed by atoms with Gasteiger partial charge in [0.2, 0.25) is 0 Å². The topological polar surface area (TPSA) is 69.2 Å². The maximum atomic E-state index is 12.3. The summed E-state index contributed by atoms with van der Waals surface area (Å²) in [6.07, 6.45) is 1.75. The lowest BCUT2D eigenvalue weighted by Gasteiger charge is -2.30. The molecule has 0 saturated carbocycles. The van der Waals surface area contributed by atoms with Crippen LogP contribution in [0.4, 0.5) is 0 Å². The van der Waals surface area contributed by atoms with Crippen LogP contribution >= 0.6 is 0 Å². The number of carbonyl (C=O) groups excluding carboxylic acids is 1. The van der Waals surface area contributed by atoms with Crippen molar-refractivity contribution in [1.29, 1.82) is 0 Å². The van der Waals surface area contributed by atoms with E-state index in [-0.39, 0.29) is 17.9 Å². The molecule has 1 aromatic heterocycles. The summed E-state index contributed by atoms with van der Waals surface area (Å²) in [4.78, 5) is 14.1. The van der Waals surface area contributed by atoms with E-state index in [1.54, 1.807) is 0 Å². The van der Waals surface area contributed by atoms with Gasteiger partial charge in [-0.05, 0) is 24.8 Å². The summed E-state index contributed by atoms with van der Waals surface area (Å²) in [7, 11) is 0. The van der Waals surface area contributed by atoms with Gasteiger partial charge in [0, 0.05) is 30.8 Å². The van der Waals surface area contributed by atoms with Crippen LogP contribution in [0.2, 0.25) is 0 Å². The van der Waals surface area contributed by atoms with Crippen molar-refractivity contribution in [2.24, 2.45) is 5.92 Å². The minimum absolute atomic E-state index is 0.0110. The fourth-order valence-electron chi connectivity index (χ4n) is 2.30. The second-order valence-corrected chi connectivity index (χ2v) is 6.34. The van der Waals surface area contributed by atoms with Crippen LogP contribution < -0.4 is 0 Å². The number of likely N-dealkylation sites (tertiary alicyclic amines) is 1. The minimum Gasteiger partial charge on any atom is -0.396 e. The van der Waals surface area contributed by atoms with E-state index in [1.165, 1.54) is 0 Å². The molecule has 2 heterocycles. The van der Waals surface area contributed by atoms with E-state index in [0.717, 1.165) is 18.5 Å². The molecule has 1 amide bonds. The number of aliphatic hydroxyl groups is 1. The van der Waals surface area contributed by atoms with Gasteiger partial charge in [0.15, 0.2) is 0 Å². The van der Waals surface area contributed by atoms with E-state index >= 15 is 0 Å². The zero-order valence-corrected chi connectivity index (χ0v) is 11.9. The maximum Gasteiger partial charge on any atom is 0.274 e. The molecule has 0 unspecified atom stereocenters. The van der Waals surface area contributed by atoms with Crippen LogP contribution in [0, 0.1) is 5.92 Å². The van der Waals surface area contributed by atoms with Crippen LogP contribution in [0.15, 0.2) is 6.07 Å². The van der Waals surface area contributed by atoms with Gasteiger partial charge in [0.05, 0.1) is 0 Å². The number of aromatic amines is 1. The van der Waals surface area contributed by atoms with E-state index in [4.69, 9.17) is 5.11 Å². The summed E-state index contributed by atoms with van der Waals surface area (Å²) < 4.78 is 0. The molecule has 0 aromatic carbocycles. The number of hydrogen-bond donors (Lipinski definition) is 2. The van der Waals surface area contributed by atoms with Gasteiger partial charge in [0.1, 0.15) is 5.69 Å². The Morgan fingerprint density at radius 3 is 2.58 bits per heavy atom. The van der Waals surface area contributed by atoms with E-state index in [1.807, 2.05) is 11.0 Å². The van der Waals surface area contributed by atoms with Crippen molar-refractivity contribution in [3.8, 4) is 0 Å².